The molecule has 1 saturated heterocycles. The van der Waals surface area contributed by atoms with Gasteiger partial charge in [0.1, 0.15) is 0 Å². The summed E-state index contributed by atoms with van der Waals surface area (Å²) in [5.41, 5.74) is 6.81. The van der Waals surface area contributed by atoms with Crippen molar-refractivity contribution in [1.82, 2.24) is 19.9 Å². The minimum atomic E-state index is -0.0794. The van der Waals surface area contributed by atoms with E-state index in [9.17, 15) is 0 Å². The SMILES string of the molecule is Cc1cc([C@H]2[C@@H](c3ccccn3)NC(=S)N2c2ccc(Cl)cc2)c(C)n1Cc1ccncc1. The Labute approximate surface area is 204 Å². The Balaban J connectivity index is 1.62. The highest BCUT2D eigenvalue weighted by Gasteiger charge is 2.42. The average molecular weight is 474 g/mol. The fourth-order valence-corrected chi connectivity index (χ4v) is 5.06. The van der Waals surface area contributed by atoms with Gasteiger partial charge in [0.15, 0.2) is 5.11 Å². The van der Waals surface area contributed by atoms with Crippen LogP contribution < -0.4 is 10.2 Å². The Bertz CT molecular complexity index is 1270. The molecule has 0 radical (unpaired) electrons. The molecular weight excluding hydrogens is 450 g/mol. The van der Waals surface area contributed by atoms with Crippen molar-refractivity contribution in [3.8, 4) is 0 Å². The summed E-state index contributed by atoms with van der Waals surface area (Å²) in [5.74, 6) is 0. The molecule has 33 heavy (non-hydrogen) atoms. The number of benzene rings is 1. The van der Waals surface area contributed by atoms with Crippen LogP contribution in [0.1, 0.15) is 40.3 Å². The van der Waals surface area contributed by atoms with Crippen LogP contribution in [0, 0.1) is 13.8 Å². The Morgan fingerprint density at radius 1 is 1.00 bits per heavy atom. The van der Waals surface area contributed by atoms with E-state index in [-0.39, 0.29) is 12.1 Å². The lowest BCUT2D eigenvalue weighted by Crippen LogP contribution is -2.29. The van der Waals surface area contributed by atoms with E-state index in [0.717, 1.165) is 17.9 Å². The summed E-state index contributed by atoms with van der Waals surface area (Å²) in [6.07, 6.45) is 5.50. The largest absolute Gasteiger partial charge is 0.351 e. The molecule has 0 aliphatic carbocycles. The Kier molecular flexibility index (Phi) is 5.87. The number of hydrogen-bond donors (Lipinski definition) is 1. The molecule has 3 aromatic heterocycles. The molecule has 1 fully saturated rings. The van der Waals surface area contributed by atoms with Gasteiger partial charge >= 0.3 is 0 Å². The van der Waals surface area contributed by atoms with Gasteiger partial charge in [-0.15, -0.1) is 0 Å². The van der Waals surface area contributed by atoms with Crippen molar-refractivity contribution in [2.24, 2.45) is 0 Å². The molecule has 0 bridgehead atoms. The predicted octanol–water partition coefficient (Wildman–Crippen LogP) is 5.77. The fourth-order valence-electron chi connectivity index (χ4n) is 4.59. The Morgan fingerprint density at radius 3 is 2.45 bits per heavy atom. The van der Waals surface area contributed by atoms with Gasteiger partial charge < -0.3 is 14.8 Å². The lowest BCUT2D eigenvalue weighted by molar-refractivity contribution is 0.563. The Hall–Kier alpha value is -3.22. The molecule has 1 aliphatic rings. The molecule has 166 valence electrons. The first-order chi connectivity index (χ1) is 16.0. The number of anilines is 1. The van der Waals surface area contributed by atoms with Crippen molar-refractivity contribution in [3.63, 3.8) is 0 Å². The number of rotatable bonds is 5. The molecule has 0 saturated carbocycles. The van der Waals surface area contributed by atoms with E-state index in [1.54, 1.807) is 0 Å². The van der Waals surface area contributed by atoms with Crippen LogP contribution in [-0.2, 0) is 6.54 Å². The van der Waals surface area contributed by atoms with Crippen LogP contribution >= 0.6 is 23.8 Å². The molecule has 1 N–H and O–H groups in total. The topological polar surface area (TPSA) is 46.0 Å². The highest BCUT2D eigenvalue weighted by molar-refractivity contribution is 7.80. The van der Waals surface area contributed by atoms with Crippen LogP contribution in [0.3, 0.4) is 0 Å². The van der Waals surface area contributed by atoms with E-state index in [0.29, 0.717) is 10.1 Å². The highest BCUT2D eigenvalue weighted by atomic mass is 35.5. The fraction of sp³-hybridized carbons (Fsp3) is 0.192. The van der Waals surface area contributed by atoms with Crippen molar-refractivity contribution < 1.29 is 0 Å². The molecule has 0 amide bonds. The van der Waals surface area contributed by atoms with Crippen molar-refractivity contribution in [1.29, 1.82) is 0 Å². The maximum absolute atomic E-state index is 6.17. The number of aryl methyl sites for hydroxylation is 1. The number of thiocarbonyl (C=S) groups is 1. The summed E-state index contributed by atoms with van der Waals surface area (Å²) in [7, 11) is 0. The summed E-state index contributed by atoms with van der Waals surface area (Å²) in [6.45, 7) is 5.13. The smallest absolute Gasteiger partial charge is 0.174 e. The molecule has 0 spiro atoms. The van der Waals surface area contributed by atoms with Gasteiger partial charge in [-0.3, -0.25) is 9.97 Å². The standard InChI is InChI=1S/C26H24ClN5S/c1-17-15-22(18(2)31(17)16-19-10-13-28-14-11-19)25-24(23-5-3-4-12-29-23)30-26(33)32(25)21-8-6-20(27)7-9-21/h3-15,24-25H,16H2,1-2H3,(H,30,33)/t24-,25+/m1/s1. The van der Waals surface area contributed by atoms with Crippen molar-refractivity contribution in [2.75, 3.05) is 4.90 Å². The number of aromatic nitrogens is 3. The maximum Gasteiger partial charge on any atom is 0.174 e. The zero-order chi connectivity index (χ0) is 22.9. The average Bonchev–Trinajstić information content (AvgIpc) is 3.32. The van der Waals surface area contributed by atoms with Crippen LogP contribution in [0.5, 0.6) is 0 Å². The predicted molar refractivity (Wildman–Crippen MR) is 137 cm³/mol. The van der Waals surface area contributed by atoms with Gasteiger partial charge in [0.25, 0.3) is 0 Å². The molecule has 1 aromatic carbocycles. The quantitative estimate of drug-likeness (QED) is 0.372. The normalized spacial score (nSPS) is 17.9. The van der Waals surface area contributed by atoms with E-state index in [2.05, 4.69) is 62.9 Å². The van der Waals surface area contributed by atoms with Crippen LogP contribution in [0.4, 0.5) is 5.69 Å². The lowest BCUT2D eigenvalue weighted by Gasteiger charge is -2.28. The number of hydrogen-bond acceptors (Lipinski definition) is 3. The van der Waals surface area contributed by atoms with Crippen LogP contribution in [-0.4, -0.2) is 19.6 Å². The molecule has 0 unspecified atom stereocenters. The van der Waals surface area contributed by atoms with Crippen LogP contribution in [0.2, 0.25) is 5.02 Å². The molecule has 1 aliphatic heterocycles. The molecule has 5 nitrogen and oxygen atoms in total. The van der Waals surface area contributed by atoms with Gasteiger partial charge in [-0.1, -0.05) is 17.7 Å². The maximum atomic E-state index is 6.17. The third-order valence-electron chi connectivity index (χ3n) is 6.22. The van der Waals surface area contributed by atoms with E-state index in [4.69, 9.17) is 23.8 Å². The molecular formula is C26H24ClN5S. The van der Waals surface area contributed by atoms with E-state index >= 15 is 0 Å². The zero-order valence-corrected chi connectivity index (χ0v) is 20.0. The monoisotopic (exact) mass is 473 g/mol. The number of nitrogens with zero attached hydrogens (tertiary/aromatic N) is 4. The van der Waals surface area contributed by atoms with Crippen molar-refractivity contribution >= 4 is 34.6 Å². The molecule has 4 heterocycles. The number of halogens is 1. The van der Waals surface area contributed by atoms with Gasteiger partial charge in [-0.2, -0.15) is 0 Å². The van der Waals surface area contributed by atoms with E-state index < -0.39 is 0 Å². The van der Waals surface area contributed by atoms with Crippen LogP contribution in [0.25, 0.3) is 0 Å². The highest BCUT2D eigenvalue weighted by Crippen LogP contribution is 2.43. The second kappa shape index (κ2) is 8.96. The third kappa shape index (κ3) is 4.12. The minimum Gasteiger partial charge on any atom is -0.351 e. The van der Waals surface area contributed by atoms with Gasteiger partial charge in [-0.25, -0.2) is 0 Å². The minimum absolute atomic E-state index is 0.0500. The molecule has 2 atom stereocenters. The first-order valence-corrected chi connectivity index (χ1v) is 11.6. The summed E-state index contributed by atoms with van der Waals surface area (Å²) in [6, 6.07) is 20.1. The third-order valence-corrected chi connectivity index (χ3v) is 6.79. The van der Waals surface area contributed by atoms with Crippen LogP contribution in [0.15, 0.2) is 79.3 Å². The number of nitrogens with one attached hydrogen (secondary N) is 1. The second-order valence-corrected chi connectivity index (χ2v) is 9.06. The summed E-state index contributed by atoms with van der Waals surface area (Å²) in [5, 5.41) is 4.91. The van der Waals surface area contributed by atoms with Gasteiger partial charge in [0, 0.05) is 47.2 Å². The molecule has 7 heteroatoms. The zero-order valence-electron chi connectivity index (χ0n) is 18.4. The van der Waals surface area contributed by atoms with Gasteiger partial charge in [0.05, 0.1) is 17.8 Å². The van der Waals surface area contributed by atoms with Crippen molar-refractivity contribution in [2.45, 2.75) is 32.5 Å². The first-order valence-electron chi connectivity index (χ1n) is 10.8. The summed E-state index contributed by atoms with van der Waals surface area (Å²) < 4.78 is 2.35. The lowest BCUT2D eigenvalue weighted by atomic mass is 9.96. The Morgan fingerprint density at radius 2 is 1.76 bits per heavy atom. The molecule has 5 rings (SSSR count). The summed E-state index contributed by atoms with van der Waals surface area (Å²) >= 11 is 12.0. The van der Waals surface area contributed by atoms with E-state index in [1.807, 2.05) is 55.0 Å². The summed E-state index contributed by atoms with van der Waals surface area (Å²) in [4.78, 5) is 11.0. The van der Waals surface area contributed by atoms with Crippen molar-refractivity contribution in [3.05, 3.63) is 112 Å². The number of pyridine rings is 2. The van der Waals surface area contributed by atoms with E-state index in [1.165, 1.54) is 22.5 Å². The first kappa shape index (κ1) is 21.6. The second-order valence-electron chi connectivity index (χ2n) is 8.24. The van der Waals surface area contributed by atoms with Gasteiger partial charge in [0.2, 0.25) is 0 Å². The van der Waals surface area contributed by atoms with Gasteiger partial charge in [-0.05, 0) is 91.8 Å². The molecule has 4 aromatic rings.